The first-order valence-electron chi connectivity index (χ1n) is 8.47. The largest absolute Gasteiger partial charge is 0.497 e. The molecule has 0 N–H and O–H groups in total. The fourth-order valence-corrected chi connectivity index (χ4v) is 3.73. The van der Waals surface area contributed by atoms with E-state index in [1.54, 1.807) is 18.9 Å². The number of hydrogen-bond donors (Lipinski definition) is 0. The monoisotopic (exact) mass is 357 g/mol. The summed E-state index contributed by atoms with van der Waals surface area (Å²) in [6.45, 7) is 5.25. The summed E-state index contributed by atoms with van der Waals surface area (Å²) >= 11 is 1.68. The second-order valence-electron chi connectivity index (χ2n) is 6.07. The van der Waals surface area contributed by atoms with E-state index in [-0.39, 0.29) is 11.2 Å². The van der Waals surface area contributed by atoms with Crippen LogP contribution >= 0.6 is 11.8 Å². The van der Waals surface area contributed by atoms with Crippen LogP contribution in [0.4, 0.5) is 0 Å². The van der Waals surface area contributed by atoms with Gasteiger partial charge in [-0.15, -0.1) is 11.8 Å². The second kappa shape index (κ2) is 7.87. The summed E-state index contributed by atoms with van der Waals surface area (Å²) in [6, 6.07) is 7.93. The van der Waals surface area contributed by atoms with Gasteiger partial charge < -0.3 is 9.64 Å². The zero-order valence-corrected chi connectivity index (χ0v) is 15.7. The zero-order valence-electron chi connectivity index (χ0n) is 14.9. The summed E-state index contributed by atoms with van der Waals surface area (Å²) in [5.74, 6) is 2.75. The number of aromatic nitrogens is 2. The minimum Gasteiger partial charge on any atom is -0.497 e. The van der Waals surface area contributed by atoms with E-state index in [2.05, 4.69) is 16.9 Å². The molecule has 1 amide bonds. The van der Waals surface area contributed by atoms with Crippen LogP contribution in [0.25, 0.3) is 0 Å². The molecule has 132 valence electrons. The first-order chi connectivity index (χ1) is 12.1. The van der Waals surface area contributed by atoms with Gasteiger partial charge in [-0.2, -0.15) is 0 Å². The first-order valence-corrected chi connectivity index (χ1v) is 9.52. The topological polar surface area (TPSA) is 55.3 Å². The molecular formula is C19H23N3O2S. The summed E-state index contributed by atoms with van der Waals surface area (Å²) in [6.07, 6.45) is 2.54. The van der Waals surface area contributed by atoms with Crippen LogP contribution in [0, 0.1) is 0 Å². The Balaban J connectivity index is 1.68. The molecule has 5 nitrogen and oxygen atoms in total. The van der Waals surface area contributed by atoms with Gasteiger partial charge in [0.1, 0.15) is 11.6 Å². The van der Waals surface area contributed by atoms with E-state index >= 15 is 0 Å². The Bertz CT molecular complexity index is 749. The molecule has 0 saturated heterocycles. The molecular weight excluding hydrogens is 334 g/mol. The number of thioether (sulfide) groups is 1. The molecule has 1 atom stereocenters. The average Bonchev–Trinajstić information content (AvgIpc) is 3.05. The van der Waals surface area contributed by atoms with E-state index in [1.807, 2.05) is 42.3 Å². The fraction of sp³-hybridized carbons (Fsp3) is 0.421. The van der Waals surface area contributed by atoms with Crippen molar-refractivity contribution < 1.29 is 9.53 Å². The van der Waals surface area contributed by atoms with Crippen molar-refractivity contribution in [3.63, 3.8) is 0 Å². The van der Waals surface area contributed by atoms with Gasteiger partial charge in [0, 0.05) is 24.7 Å². The molecule has 1 aromatic carbocycles. The van der Waals surface area contributed by atoms with Crippen LogP contribution < -0.4 is 4.74 Å². The van der Waals surface area contributed by atoms with Crippen molar-refractivity contribution in [3.8, 4) is 5.75 Å². The SMILES string of the molecule is CCSC(C)C(=O)N1Cc2cnc(Cc3ccc(OC)cc3)nc2C1. The Kier molecular flexibility index (Phi) is 5.58. The van der Waals surface area contributed by atoms with Gasteiger partial charge in [0.05, 0.1) is 24.6 Å². The van der Waals surface area contributed by atoms with Crippen LogP contribution in [0.3, 0.4) is 0 Å². The summed E-state index contributed by atoms with van der Waals surface area (Å²) in [4.78, 5) is 23.5. The molecule has 3 rings (SSSR count). The minimum atomic E-state index is -0.00830. The van der Waals surface area contributed by atoms with E-state index < -0.39 is 0 Å². The second-order valence-corrected chi connectivity index (χ2v) is 7.69. The number of ether oxygens (including phenoxy) is 1. The van der Waals surface area contributed by atoms with Crippen molar-refractivity contribution in [2.75, 3.05) is 12.9 Å². The molecule has 1 aliphatic heterocycles. The van der Waals surface area contributed by atoms with Crippen LogP contribution in [-0.2, 0) is 24.3 Å². The quantitative estimate of drug-likeness (QED) is 0.795. The van der Waals surface area contributed by atoms with Gasteiger partial charge in [0.15, 0.2) is 0 Å². The van der Waals surface area contributed by atoms with E-state index in [0.29, 0.717) is 19.5 Å². The van der Waals surface area contributed by atoms with Gasteiger partial charge in [-0.3, -0.25) is 4.79 Å². The third-order valence-electron chi connectivity index (χ3n) is 4.30. The molecule has 25 heavy (non-hydrogen) atoms. The minimum absolute atomic E-state index is 0.00830. The number of benzene rings is 1. The molecule has 0 fully saturated rings. The van der Waals surface area contributed by atoms with Crippen LogP contribution in [0.15, 0.2) is 30.5 Å². The van der Waals surface area contributed by atoms with Crippen molar-refractivity contribution in [1.82, 2.24) is 14.9 Å². The van der Waals surface area contributed by atoms with E-state index in [4.69, 9.17) is 4.74 Å². The summed E-state index contributed by atoms with van der Waals surface area (Å²) in [7, 11) is 1.66. The van der Waals surface area contributed by atoms with Gasteiger partial charge >= 0.3 is 0 Å². The molecule has 2 aromatic rings. The van der Waals surface area contributed by atoms with E-state index in [9.17, 15) is 4.79 Å². The van der Waals surface area contributed by atoms with Crippen LogP contribution in [0.5, 0.6) is 5.75 Å². The number of fused-ring (bicyclic) bond motifs is 1. The highest BCUT2D eigenvalue weighted by Crippen LogP contribution is 2.24. The molecule has 0 bridgehead atoms. The van der Waals surface area contributed by atoms with Crippen molar-refractivity contribution >= 4 is 17.7 Å². The lowest BCUT2D eigenvalue weighted by atomic mass is 10.1. The zero-order chi connectivity index (χ0) is 17.8. The lowest BCUT2D eigenvalue weighted by Gasteiger charge is -2.19. The van der Waals surface area contributed by atoms with Gasteiger partial charge in [0.2, 0.25) is 5.91 Å². The van der Waals surface area contributed by atoms with Crippen molar-refractivity contribution in [2.24, 2.45) is 0 Å². The highest BCUT2D eigenvalue weighted by molar-refractivity contribution is 8.00. The Morgan fingerprint density at radius 1 is 1.32 bits per heavy atom. The number of methoxy groups -OCH3 is 1. The molecule has 0 saturated carbocycles. The lowest BCUT2D eigenvalue weighted by Crippen LogP contribution is -2.32. The number of nitrogens with zero attached hydrogens (tertiary/aromatic N) is 3. The highest BCUT2D eigenvalue weighted by Gasteiger charge is 2.28. The first kappa shape index (κ1) is 17.7. The summed E-state index contributed by atoms with van der Waals surface area (Å²) in [5, 5.41) is -0.00830. The molecule has 2 heterocycles. The molecule has 1 aliphatic rings. The molecule has 6 heteroatoms. The third-order valence-corrected chi connectivity index (χ3v) is 5.34. The molecule has 0 radical (unpaired) electrons. The van der Waals surface area contributed by atoms with Crippen molar-refractivity contribution in [1.29, 1.82) is 0 Å². The molecule has 0 spiro atoms. The summed E-state index contributed by atoms with van der Waals surface area (Å²) < 4.78 is 5.18. The molecule has 1 unspecified atom stereocenters. The number of amides is 1. The van der Waals surface area contributed by atoms with Gasteiger partial charge in [-0.05, 0) is 30.4 Å². The van der Waals surface area contributed by atoms with Gasteiger partial charge in [-0.25, -0.2) is 9.97 Å². The average molecular weight is 357 g/mol. The molecule has 0 aliphatic carbocycles. The maximum absolute atomic E-state index is 12.5. The maximum Gasteiger partial charge on any atom is 0.236 e. The predicted molar refractivity (Wildman–Crippen MR) is 99.7 cm³/mol. The Hall–Kier alpha value is -2.08. The Labute approximate surface area is 152 Å². The van der Waals surface area contributed by atoms with Gasteiger partial charge in [-0.1, -0.05) is 19.1 Å². The number of carbonyl (C=O) groups excluding carboxylic acids is 1. The smallest absolute Gasteiger partial charge is 0.236 e. The predicted octanol–water partition coefficient (Wildman–Crippen LogP) is 3.06. The van der Waals surface area contributed by atoms with E-state index in [1.165, 1.54) is 0 Å². The number of hydrogen-bond acceptors (Lipinski definition) is 5. The van der Waals surface area contributed by atoms with Crippen molar-refractivity contribution in [3.05, 3.63) is 53.1 Å². The Morgan fingerprint density at radius 3 is 2.76 bits per heavy atom. The lowest BCUT2D eigenvalue weighted by molar-refractivity contribution is -0.130. The van der Waals surface area contributed by atoms with Crippen LogP contribution in [0.1, 0.15) is 36.5 Å². The van der Waals surface area contributed by atoms with Gasteiger partial charge in [0.25, 0.3) is 0 Å². The Morgan fingerprint density at radius 2 is 2.08 bits per heavy atom. The normalized spacial score (nSPS) is 14.3. The number of rotatable bonds is 6. The van der Waals surface area contributed by atoms with Crippen LogP contribution in [-0.4, -0.2) is 38.9 Å². The molecule has 1 aromatic heterocycles. The highest BCUT2D eigenvalue weighted by atomic mass is 32.2. The van der Waals surface area contributed by atoms with E-state index in [0.717, 1.165) is 34.1 Å². The van der Waals surface area contributed by atoms with Crippen LogP contribution in [0.2, 0.25) is 0 Å². The van der Waals surface area contributed by atoms with Crippen molar-refractivity contribution in [2.45, 2.75) is 38.6 Å². The number of carbonyl (C=O) groups is 1. The summed E-state index contributed by atoms with van der Waals surface area (Å²) in [5.41, 5.74) is 3.17. The third kappa shape index (κ3) is 4.12. The maximum atomic E-state index is 12.5. The standard InChI is InChI=1S/C19H23N3O2S/c1-4-25-13(2)19(23)22-11-15-10-20-18(21-17(15)12-22)9-14-5-7-16(24-3)8-6-14/h5-8,10,13H,4,9,11-12H2,1-3H3. The fourth-order valence-electron chi connectivity index (χ4n) is 2.94.